The Balaban J connectivity index is 1.60. The van der Waals surface area contributed by atoms with E-state index >= 15 is 0 Å². The zero-order valence-electron chi connectivity index (χ0n) is 13.1. The van der Waals surface area contributed by atoms with Gasteiger partial charge in [-0.3, -0.25) is 5.32 Å². The molecular formula is C17H24N2O2. The van der Waals surface area contributed by atoms with E-state index in [1.807, 2.05) is 32.0 Å². The van der Waals surface area contributed by atoms with Crippen molar-refractivity contribution in [1.29, 1.82) is 0 Å². The van der Waals surface area contributed by atoms with Gasteiger partial charge in [-0.1, -0.05) is 18.2 Å². The first kappa shape index (κ1) is 14.4. The van der Waals surface area contributed by atoms with Crippen molar-refractivity contribution in [3.05, 3.63) is 29.3 Å². The van der Waals surface area contributed by atoms with Gasteiger partial charge in [0.2, 0.25) is 0 Å². The van der Waals surface area contributed by atoms with Crippen molar-refractivity contribution in [2.45, 2.75) is 57.7 Å². The van der Waals surface area contributed by atoms with Crippen LogP contribution < -0.4 is 5.32 Å². The van der Waals surface area contributed by atoms with Crippen LogP contribution >= 0.6 is 0 Å². The Bertz CT molecular complexity index is 509. The van der Waals surface area contributed by atoms with Crippen molar-refractivity contribution in [1.82, 2.24) is 4.90 Å². The molecule has 3 rings (SSSR count). The van der Waals surface area contributed by atoms with Crippen LogP contribution in [0.3, 0.4) is 0 Å². The molecule has 0 aromatic heterocycles. The molecule has 0 spiro atoms. The number of amides is 1. The van der Waals surface area contributed by atoms with E-state index in [2.05, 4.69) is 17.3 Å². The van der Waals surface area contributed by atoms with Crippen LogP contribution in [0.1, 0.15) is 36.8 Å². The Labute approximate surface area is 126 Å². The monoisotopic (exact) mass is 288 g/mol. The molecule has 21 heavy (non-hydrogen) atoms. The number of hydrogen-bond acceptors (Lipinski definition) is 3. The number of nitrogens with zero attached hydrogens (tertiary/aromatic N) is 1. The van der Waals surface area contributed by atoms with Gasteiger partial charge >= 0.3 is 6.09 Å². The zero-order valence-corrected chi connectivity index (χ0v) is 13.1. The molecular weight excluding hydrogens is 264 g/mol. The molecule has 2 heterocycles. The second-order valence-corrected chi connectivity index (χ2v) is 6.44. The van der Waals surface area contributed by atoms with Gasteiger partial charge in [-0.15, -0.1) is 0 Å². The molecule has 2 fully saturated rings. The Kier molecular flexibility index (Phi) is 3.89. The summed E-state index contributed by atoms with van der Waals surface area (Å²) in [5, 5.41) is 2.91. The van der Waals surface area contributed by atoms with E-state index in [9.17, 15) is 4.79 Å². The Morgan fingerprint density at radius 2 is 1.76 bits per heavy atom. The Hall–Kier alpha value is -1.55. The number of carbonyl (C=O) groups excluding carboxylic acids is 1. The number of anilines is 1. The second-order valence-electron chi connectivity index (χ2n) is 6.44. The number of piperidine rings is 1. The fourth-order valence-corrected chi connectivity index (χ4v) is 3.75. The van der Waals surface area contributed by atoms with E-state index < -0.39 is 0 Å². The van der Waals surface area contributed by atoms with Crippen molar-refractivity contribution in [3.63, 3.8) is 0 Å². The fraction of sp³-hybridized carbons (Fsp3) is 0.588. The fourth-order valence-electron chi connectivity index (χ4n) is 3.75. The van der Waals surface area contributed by atoms with E-state index in [1.165, 1.54) is 12.8 Å². The number of ether oxygens (including phenoxy) is 1. The van der Waals surface area contributed by atoms with Gasteiger partial charge < -0.3 is 9.64 Å². The maximum atomic E-state index is 12.2. The molecule has 1 aromatic carbocycles. The number of hydrogen-bond donors (Lipinski definition) is 1. The molecule has 114 valence electrons. The lowest BCUT2D eigenvalue weighted by molar-refractivity contribution is 0.0348. The molecule has 1 amide bonds. The van der Waals surface area contributed by atoms with Crippen LogP contribution in [0.5, 0.6) is 0 Å². The normalized spacial score (nSPS) is 28.4. The lowest BCUT2D eigenvalue weighted by Gasteiger charge is -2.35. The minimum atomic E-state index is -0.318. The Morgan fingerprint density at radius 1 is 1.19 bits per heavy atom. The van der Waals surface area contributed by atoms with Gasteiger partial charge in [-0.05, 0) is 44.9 Å². The summed E-state index contributed by atoms with van der Waals surface area (Å²) < 4.78 is 5.66. The third-order valence-corrected chi connectivity index (χ3v) is 5.04. The number of para-hydroxylation sites is 1. The molecule has 0 unspecified atom stereocenters. The van der Waals surface area contributed by atoms with Crippen molar-refractivity contribution in [2.24, 2.45) is 0 Å². The molecule has 4 nitrogen and oxygen atoms in total. The number of aryl methyl sites for hydroxylation is 2. The van der Waals surface area contributed by atoms with Crippen LogP contribution in [0.25, 0.3) is 0 Å². The summed E-state index contributed by atoms with van der Waals surface area (Å²) in [6, 6.07) is 7.16. The van der Waals surface area contributed by atoms with Crippen molar-refractivity contribution < 1.29 is 9.53 Å². The van der Waals surface area contributed by atoms with Gasteiger partial charge in [0.25, 0.3) is 0 Å². The molecule has 2 saturated heterocycles. The molecule has 1 aromatic rings. The van der Waals surface area contributed by atoms with Crippen LogP contribution in [-0.4, -0.2) is 36.2 Å². The van der Waals surface area contributed by atoms with E-state index in [4.69, 9.17) is 4.74 Å². The zero-order chi connectivity index (χ0) is 15.0. The molecule has 1 N–H and O–H groups in total. The summed E-state index contributed by atoms with van der Waals surface area (Å²) in [6.45, 7) is 4.00. The third-order valence-electron chi connectivity index (χ3n) is 5.04. The van der Waals surface area contributed by atoms with Crippen LogP contribution in [0.4, 0.5) is 10.5 Å². The summed E-state index contributed by atoms with van der Waals surface area (Å²) in [5.74, 6) is 0. The van der Waals surface area contributed by atoms with E-state index in [0.717, 1.165) is 29.7 Å². The third kappa shape index (κ3) is 2.91. The van der Waals surface area contributed by atoms with Gasteiger partial charge in [0.05, 0.1) is 0 Å². The molecule has 2 aliphatic rings. The first-order valence-electron chi connectivity index (χ1n) is 7.80. The number of benzene rings is 1. The topological polar surface area (TPSA) is 41.6 Å². The second kappa shape index (κ2) is 5.68. The summed E-state index contributed by atoms with van der Waals surface area (Å²) in [6.07, 6.45) is 4.14. The average Bonchev–Trinajstić information content (AvgIpc) is 2.65. The standard InChI is InChI=1S/C17H24N2O2/c1-11-5-4-6-12(2)16(11)18-17(20)21-15-9-13-7-8-14(10-15)19(13)3/h4-6,13-15H,7-10H2,1-3H3,(H,18,20)/t13-,14-/m1/s1. The van der Waals surface area contributed by atoms with E-state index in [1.54, 1.807) is 0 Å². The van der Waals surface area contributed by atoms with Gasteiger partial charge in [-0.2, -0.15) is 0 Å². The number of fused-ring (bicyclic) bond motifs is 2. The molecule has 0 radical (unpaired) electrons. The smallest absolute Gasteiger partial charge is 0.411 e. The van der Waals surface area contributed by atoms with E-state index in [0.29, 0.717) is 12.1 Å². The maximum Gasteiger partial charge on any atom is 0.411 e. The predicted molar refractivity (Wildman–Crippen MR) is 83.6 cm³/mol. The number of nitrogens with one attached hydrogen (secondary N) is 1. The minimum absolute atomic E-state index is 0.0584. The molecule has 2 bridgehead atoms. The lowest BCUT2D eigenvalue weighted by atomic mass is 10.0. The summed E-state index contributed by atoms with van der Waals surface area (Å²) in [4.78, 5) is 14.6. The predicted octanol–water partition coefficient (Wildman–Crippen LogP) is 3.48. The SMILES string of the molecule is Cc1cccc(C)c1NC(=O)OC1C[C@H]2CC[C@H](C1)N2C. The maximum absolute atomic E-state index is 12.2. The Morgan fingerprint density at radius 3 is 2.33 bits per heavy atom. The molecule has 0 saturated carbocycles. The van der Waals surface area contributed by atoms with Crippen LogP contribution in [0, 0.1) is 13.8 Å². The highest BCUT2D eigenvalue weighted by Gasteiger charge is 2.39. The lowest BCUT2D eigenvalue weighted by Crippen LogP contribution is -2.43. The quantitative estimate of drug-likeness (QED) is 0.906. The van der Waals surface area contributed by atoms with Crippen LogP contribution in [0.2, 0.25) is 0 Å². The van der Waals surface area contributed by atoms with Crippen molar-refractivity contribution >= 4 is 11.8 Å². The summed E-state index contributed by atoms with van der Waals surface area (Å²) in [5.41, 5.74) is 3.00. The highest BCUT2D eigenvalue weighted by atomic mass is 16.6. The summed E-state index contributed by atoms with van der Waals surface area (Å²) >= 11 is 0. The molecule has 2 atom stereocenters. The molecule has 4 heteroatoms. The minimum Gasteiger partial charge on any atom is -0.446 e. The van der Waals surface area contributed by atoms with Crippen LogP contribution in [-0.2, 0) is 4.74 Å². The highest BCUT2D eigenvalue weighted by Crippen LogP contribution is 2.35. The number of rotatable bonds is 2. The van der Waals surface area contributed by atoms with Gasteiger partial charge in [-0.25, -0.2) is 4.79 Å². The molecule has 2 aliphatic heterocycles. The van der Waals surface area contributed by atoms with Gasteiger partial charge in [0, 0.05) is 30.6 Å². The first-order chi connectivity index (χ1) is 10.0. The van der Waals surface area contributed by atoms with Crippen LogP contribution in [0.15, 0.2) is 18.2 Å². The summed E-state index contributed by atoms with van der Waals surface area (Å²) in [7, 11) is 2.19. The van der Waals surface area contributed by atoms with Gasteiger partial charge in [0.15, 0.2) is 0 Å². The van der Waals surface area contributed by atoms with Gasteiger partial charge in [0.1, 0.15) is 6.10 Å². The first-order valence-corrected chi connectivity index (χ1v) is 7.80. The number of carbonyl (C=O) groups is 1. The van der Waals surface area contributed by atoms with E-state index in [-0.39, 0.29) is 12.2 Å². The molecule has 0 aliphatic carbocycles. The average molecular weight is 288 g/mol. The largest absolute Gasteiger partial charge is 0.446 e. The van der Waals surface area contributed by atoms with Crippen molar-refractivity contribution in [3.8, 4) is 0 Å². The highest BCUT2D eigenvalue weighted by molar-refractivity contribution is 5.86. The van der Waals surface area contributed by atoms with Crippen molar-refractivity contribution in [2.75, 3.05) is 12.4 Å².